The number of nitrogens with zero attached hydrogens (tertiary/aromatic N) is 1. The molecule has 0 radical (unpaired) electrons. The molecule has 0 fully saturated rings. The molecule has 0 bridgehead atoms. The third-order valence-electron chi connectivity index (χ3n) is 4.38. The number of anilines is 2. The van der Waals surface area contributed by atoms with Gasteiger partial charge in [0.05, 0.1) is 17.1 Å². The smallest absolute Gasteiger partial charge is 0.264 e. The van der Waals surface area contributed by atoms with Crippen LogP contribution in [-0.2, 0) is 21.4 Å². The zero-order valence-electron chi connectivity index (χ0n) is 16.4. The molecule has 1 amide bonds. The van der Waals surface area contributed by atoms with Gasteiger partial charge in [0.1, 0.15) is 11.6 Å². The SMILES string of the molecule is CC(=O)Nc1ccc(S(=O)(=O)N(Cc2ccc(F)cc2F)c2cccc(C)c2)cc1. The molecule has 3 rings (SSSR count). The number of carbonyl (C=O) groups excluding carboxylic acids is 1. The lowest BCUT2D eigenvalue weighted by atomic mass is 10.2. The van der Waals surface area contributed by atoms with Crippen LogP contribution in [0.2, 0.25) is 0 Å². The fourth-order valence-electron chi connectivity index (χ4n) is 2.94. The average Bonchev–Trinajstić information content (AvgIpc) is 2.67. The predicted octanol–water partition coefficient (Wildman–Crippen LogP) is 4.63. The summed E-state index contributed by atoms with van der Waals surface area (Å²) in [5.41, 5.74) is 1.67. The van der Waals surface area contributed by atoms with Crippen molar-refractivity contribution < 1.29 is 22.0 Å². The second kappa shape index (κ2) is 8.62. The first-order chi connectivity index (χ1) is 14.2. The second-order valence-corrected chi connectivity index (χ2v) is 8.65. The van der Waals surface area contributed by atoms with E-state index in [0.717, 1.165) is 22.0 Å². The van der Waals surface area contributed by atoms with Crippen molar-refractivity contribution in [2.45, 2.75) is 25.3 Å². The summed E-state index contributed by atoms with van der Waals surface area (Å²) >= 11 is 0. The topological polar surface area (TPSA) is 66.5 Å². The van der Waals surface area contributed by atoms with E-state index in [4.69, 9.17) is 0 Å². The molecule has 0 atom stereocenters. The van der Waals surface area contributed by atoms with Crippen LogP contribution in [0, 0.1) is 18.6 Å². The Balaban J connectivity index is 2.05. The summed E-state index contributed by atoms with van der Waals surface area (Å²) < 4.78 is 55.4. The zero-order valence-corrected chi connectivity index (χ0v) is 17.2. The fraction of sp³-hybridized carbons (Fsp3) is 0.136. The van der Waals surface area contributed by atoms with Gasteiger partial charge in [-0.25, -0.2) is 17.2 Å². The molecule has 0 aliphatic carbocycles. The quantitative estimate of drug-likeness (QED) is 0.620. The van der Waals surface area contributed by atoms with E-state index in [1.165, 1.54) is 37.3 Å². The summed E-state index contributed by atoms with van der Waals surface area (Å²) in [5, 5.41) is 2.57. The number of aryl methyl sites for hydroxylation is 1. The second-order valence-electron chi connectivity index (χ2n) is 6.79. The fourth-order valence-corrected chi connectivity index (χ4v) is 4.38. The lowest BCUT2D eigenvalue weighted by Gasteiger charge is -2.25. The summed E-state index contributed by atoms with van der Waals surface area (Å²) in [7, 11) is -4.08. The Hall–Kier alpha value is -3.26. The number of carbonyl (C=O) groups is 1. The van der Waals surface area contributed by atoms with E-state index in [-0.39, 0.29) is 22.9 Å². The normalized spacial score (nSPS) is 11.2. The van der Waals surface area contributed by atoms with E-state index in [9.17, 15) is 22.0 Å². The number of amides is 1. The van der Waals surface area contributed by atoms with E-state index in [0.29, 0.717) is 11.4 Å². The highest BCUT2D eigenvalue weighted by molar-refractivity contribution is 7.92. The molecule has 3 aromatic carbocycles. The predicted molar refractivity (Wildman–Crippen MR) is 112 cm³/mol. The molecular weight excluding hydrogens is 410 g/mol. The molecule has 0 saturated carbocycles. The molecule has 0 heterocycles. The van der Waals surface area contributed by atoms with Crippen LogP contribution in [0.1, 0.15) is 18.1 Å². The van der Waals surface area contributed by atoms with Crippen LogP contribution in [0.25, 0.3) is 0 Å². The van der Waals surface area contributed by atoms with Crippen LogP contribution in [0.4, 0.5) is 20.2 Å². The number of rotatable bonds is 6. The number of sulfonamides is 1. The van der Waals surface area contributed by atoms with Crippen molar-refractivity contribution >= 4 is 27.3 Å². The minimum atomic E-state index is -4.08. The van der Waals surface area contributed by atoms with Crippen LogP contribution in [-0.4, -0.2) is 14.3 Å². The molecular formula is C22H20F2N2O3S. The van der Waals surface area contributed by atoms with Gasteiger partial charge in [-0.1, -0.05) is 18.2 Å². The van der Waals surface area contributed by atoms with Gasteiger partial charge in [-0.05, 0) is 55.0 Å². The Kier molecular flexibility index (Phi) is 6.17. The highest BCUT2D eigenvalue weighted by Crippen LogP contribution is 2.28. The van der Waals surface area contributed by atoms with E-state index < -0.39 is 21.7 Å². The minimum absolute atomic E-state index is 0.0272. The zero-order chi connectivity index (χ0) is 21.9. The van der Waals surface area contributed by atoms with E-state index in [1.54, 1.807) is 18.2 Å². The van der Waals surface area contributed by atoms with Crippen LogP contribution in [0.3, 0.4) is 0 Å². The third kappa shape index (κ3) is 4.83. The van der Waals surface area contributed by atoms with Crippen molar-refractivity contribution in [2.24, 2.45) is 0 Å². The molecule has 30 heavy (non-hydrogen) atoms. The monoisotopic (exact) mass is 430 g/mol. The number of benzene rings is 3. The molecule has 0 aromatic heterocycles. The van der Waals surface area contributed by atoms with Crippen molar-refractivity contribution in [2.75, 3.05) is 9.62 Å². The van der Waals surface area contributed by atoms with Crippen LogP contribution < -0.4 is 9.62 Å². The molecule has 5 nitrogen and oxygen atoms in total. The molecule has 0 aliphatic rings. The Morgan fingerprint density at radius 1 is 1.00 bits per heavy atom. The first-order valence-corrected chi connectivity index (χ1v) is 10.5. The van der Waals surface area contributed by atoms with Gasteiger partial charge in [-0.2, -0.15) is 0 Å². The first-order valence-electron chi connectivity index (χ1n) is 9.08. The number of hydrogen-bond acceptors (Lipinski definition) is 3. The summed E-state index contributed by atoms with van der Waals surface area (Å²) in [6, 6.07) is 15.5. The van der Waals surface area contributed by atoms with Crippen molar-refractivity contribution in [3.8, 4) is 0 Å². The van der Waals surface area contributed by atoms with Crippen molar-refractivity contribution in [3.05, 3.63) is 89.5 Å². The number of halogens is 2. The standard InChI is InChI=1S/C22H20F2N2O3S/c1-15-4-3-5-20(12-15)26(14-17-6-7-18(23)13-22(17)24)30(28,29)21-10-8-19(9-11-21)25-16(2)27/h3-13H,14H2,1-2H3,(H,25,27). The lowest BCUT2D eigenvalue weighted by Crippen LogP contribution is -2.31. The maximum absolute atomic E-state index is 14.3. The van der Waals surface area contributed by atoms with E-state index in [2.05, 4.69) is 5.32 Å². The van der Waals surface area contributed by atoms with Gasteiger partial charge in [-0.15, -0.1) is 0 Å². The average molecular weight is 430 g/mol. The highest BCUT2D eigenvalue weighted by Gasteiger charge is 2.26. The maximum atomic E-state index is 14.3. The Labute approximate surface area is 174 Å². The van der Waals surface area contributed by atoms with Gasteiger partial charge < -0.3 is 5.32 Å². The van der Waals surface area contributed by atoms with Gasteiger partial charge in [0.25, 0.3) is 10.0 Å². The molecule has 0 unspecified atom stereocenters. The molecule has 1 N–H and O–H groups in total. The minimum Gasteiger partial charge on any atom is -0.326 e. The van der Waals surface area contributed by atoms with Crippen molar-refractivity contribution in [3.63, 3.8) is 0 Å². The van der Waals surface area contributed by atoms with Crippen LogP contribution >= 0.6 is 0 Å². The van der Waals surface area contributed by atoms with Gasteiger partial charge >= 0.3 is 0 Å². The van der Waals surface area contributed by atoms with Crippen molar-refractivity contribution in [1.29, 1.82) is 0 Å². The van der Waals surface area contributed by atoms with Gasteiger partial charge in [0.2, 0.25) is 5.91 Å². The van der Waals surface area contributed by atoms with Gasteiger partial charge in [0, 0.05) is 24.2 Å². The Morgan fingerprint density at radius 3 is 2.30 bits per heavy atom. The lowest BCUT2D eigenvalue weighted by molar-refractivity contribution is -0.114. The van der Waals surface area contributed by atoms with Gasteiger partial charge in [0.15, 0.2) is 0 Å². The van der Waals surface area contributed by atoms with Crippen LogP contribution in [0.5, 0.6) is 0 Å². The summed E-state index contributed by atoms with van der Waals surface area (Å²) in [4.78, 5) is 11.2. The number of nitrogens with one attached hydrogen (secondary N) is 1. The third-order valence-corrected chi connectivity index (χ3v) is 6.17. The maximum Gasteiger partial charge on any atom is 0.264 e. The largest absolute Gasteiger partial charge is 0.326 e. The summed E-state index contributed by atoms with van der Waals surface area (Å²) in [5.74, 6) is -1.85. The molecule has 3 aromatic rings. The Morgan fingerprint density at radius 2 is 1.70 bits per heavy atom. The summed E-state index contributed by atoms with van der Waals surface area (Å²) in [6.45, 7) is 2.85. The van der Waals surface area contributed by atoms with Gasteiger partial charge in [-0.3, -0.25) is 9.10 Å². The molecule has 8 heteroatoms. The summed E-state index contributed by atoms with van der Waals surface area (Å²) in [6.07, 6.45) is 0. The van der Waals surface area contributed by atoms with Crippen molar-refractivity contribution in [1.82, 2.24) is 0 Å². The van der Waals surface area contributed by atoms with Crippen LogP contribution in [0.15, 0.2) is 71.6 Å². The molecule has 156 valence electrons. The van der Waals surface area contributed by atoms with E-state index in [1.807, 2.05) is 13.0 Å². The molecule has 0 spiro atoms. The number of hydrogen-bond donors (Lipinski definition) is 1. The van der Waals surface area contributed by atoms with E-state index >= 15 is 0 Å². The highest BCUT2D eigenvalue weighted by atomic mass is 32.2. The Bertz CT molecular complexity index is 1180. The molecule has 0 aliphatic heterocycles. The first kappa shape index (κ1) is 21.4. The molecule has 0 saturated heterocycles.